The Morgan fingerprint density at radius 2 is 2.09 bits per heavy atom. The first-order chi connectivity index (χ1) is 10.2. The lowest BCUT2D eigenvalue weighted by molar-refractivity contribution is -0.137. The predicted molar refractivity (Wildman–Crippen MR) is 79.6 cm³/mol. The zero-order valence-electron chi connectivity index (χ0n) is 12.1. The Balaban J connectivity index is 3.05. The molecule has 120 valence electrons. The van der Waals surface area contributed by atoms with Crippen LogP contribution in [0.1, 0.15) is 19.4 Å². The Bertz CT molecular complexity index is 609. The minimum atomic E-state index is -4.60. The molecule has 0 saturated heterocycles. The number of alkyl halides is 3. The van der Waals surface area contributed by atoms with Gasteiger partial charge in [0.2, 0.25) is 0 Å². The van der Waals surface area contributed by atoms with E-state index in [1.165, 1.54) is 19.1 Å². The monoisotopic (exact) mass is 333 g/mol. The topological polar surface area (TPSA) is 38.3 Å². The van der Waals surface area contributed by atoms with E-state index >= 15 is 0 Å². The fraction of sp³-hybridized carbons (Fsp3) is 0.267. The van der Waals surface area contributed by atoms with Crippen LogP contribution in [0.15, 0.2) is 42.2 Å². The summed E-state index contributed by atoms with van der Waals surface area (Å²) in [5, 5.41) is 1.94. The molecule has 0 atom stereocenters. The third-order valence-corrected chi connectivity index (χ3v) is 3.05. The second kappa shape index (κ2) is 7.35. The maximum Gasteiger partial charge on any atom is 0.417 e. The van der Waals surface area contributed by atoms with Crippen LogP contribution in [0.25, 0.3) is 0 Å². The highest BCUT2D eigenvalue weighted by atomic mass is 35.5. The van der Waals surface area contributed by atoms with Crippen molar-refractivity contribution in [3.05, 3.63) is 52.8 Å². The smallest absolute Gasteiger partial charge is 0.417 e. The average Bonchev–Trinajstić information content (AvgIpc) is 2.44. The molecule has 1 aromatic carbocycles. The number of halogens is 4. The van der Waals surface area contributed by atoms with Crippen LogP contribution in [-0.2, 0) is 15.7 Å². The van der Waals surface area contributed by atoms with Gasteiger partial charge in [0, 0.05) is 5.69 Å². The van der Waals surface area contributed by atoms with Gasteiger partial charge in [-0.05, 0) is 38.1 Å². The maximum absolute atomic E-state index is 12.8. The Kier molecular flexibility index (Phi) is 6.05. The number of carbonyl (C=O) groups excluding carboxylic acids is 1. The van der Waals surface area contributed by atoms with E-state index in [-0.39, 0.29) is 17.0 Å². The van der Waals surface area contributed by atoms with Gasteiger partial charge in [-0.25, -0.2) is 0 Å². The molecule has 3 nitrogen and oxygen atoms in total. The van der Waals surface area contributed by atoms with Gasteiger partial charge in [-0.15, -0.1) is 0 Å². The number of hydrogen-bond donors (Lipinski definition) is 1. The third kappa shape index (κ3) is 4.53. The van der Waals surface area contributed by atoms with Crippen molar-refractivity contribution in [2.24, 2.45) is 0 Å². The molecule has 0 aliphatic carbocycles. The van der Waals surface area contributed by atoms with Gasteiger partial charge in [0.25, 0.3) is 5.91 Å². The van der Waals surface area contributed by atoms with E-state index in [1.807, 2.05) is 0 Å². The molecule has 0 bridgehead atoms. The van der Waals surface area contributed by atoms with Crippen LogP contribution in [-0.4, -0.2) is 12.5 Å². The van der Waals surface area contributed by atoms with Crippen molar-refractivity contribution >= 4 is 23.2 Å². The number of allylic oxidation sites excluding steroid dienone is 1. The molecule has 0 spiro atoms. The summed E-state index contributed by atoms with van der Waals surface area (Å²) in [5.41, 5.74) is -0.816. The molecule has 1 rings (SSSR count). The number of ether oxygens (including phenoxy) is 1. The first kappa shape index (κ1) is 18.1. The molecule has 0 radical (unpaired) electrons. The van der Waals surface area contributed by atoms with Crippen molar-refractivity contribution in [1.82, 2.24) is 0 Å². The van der Waals surface area contributed by atoms with Crippen molar-refractivity contribution in [3.63, 3.8) is 0 Å². The normalized spacial score (nSPS) is 12.5. The van der Waals surface area contributed by atoms with Gasteiger partial charge in [-0.2, -0.15) is 13.2 Å². The second-order valence-corrected chi connectivity index (χ2v) is 4.68. The summed E-state index contributed by atoms with van der Waals surface area (Å²) >= 11 is 5.52. The second-order valence-electron chi connectivity index (χ2n) is 4.27. The summed E-state index contributed by atoms with van der Waals surface area (Å²) in [4.78, 5) is 12.0. The van der Waals surface area contributed by atoms with Gasteiger partial charge < -0.3 is 10.1 Å². The lowest BCUT2D eigenvalue weighted by atomic mass is 10.1. The zero-order chi connectivity index (χ0) is 16.9. The minimum absolute atomic E-state index is 0.0130. The molecule has 0 aliphatic rings. The number of carbonyl (C=O) groups is 1. The lowest BCUT2D eigenvalue weighted by Gasteiger charge is -2.13. The van der Waals surface area contributed by atoms with Gasteiger partial charge in [0.05, 0.1) is 22.8 Å². The van der Waals surface area contributed by atoms with E-state index in [0.717, 1.165) is 12.1 Å². The molecule has 0 heterocycles. The van der Waals surface area contributed by atoms with Crippen molar-refractivity contribution < 1.29 is 22.7 Å². The van der Waals surface area contributed by atoms with Crippen molar-refractivity contribution in [3.8, 4) is 0 Å². The Morgan fingerprint density at radius 3 is 2.59 bits per heavy atom. The number of rotatable bonds is 5. The zero-order valence-corrected chi connectivity index (χ0v) is 12.8. The third-order valence-electron chi connectivity index (χ3n) is 2.73. The molecule has 0 saturated carbocycles. The Labute approximate surface area is 131 Å². The van der Waals surface area contributed by atoms with Gasteiger partial charge in [0.15, 0.2) is 0 Å². The summed E-state index contributed by atoms with van der Waals surface area (Å²) in [7, 11) is 0. The van der Waals surface area contributed by atoms with E-state index in [1.54, 1.807) is 6.92 Å². The average molecular weight is 334 g/mol. The van der Waals surface area contributed by atoms with Gasteiger partial charge in [0.1, 0.15) is 5.76 Å². The van der Waals surface area contributed by atoms with Crippen LogP contribution in [0.5, 0.6) is 0 Å². The van der Waals surface area contributed by atoms with Crippen LogP contribution < -0.4 is 5.32 Å². The molecule has 1 N–H and O–H groups in total. The Morgan fingerprint density at radius 1 is 1.45 bits per heavy atom. The van der Waals surface area contributed by atoms with Gasteiger partial charge in [-0.3, -0.25) is 4.79 Å². The standard InChI is InChI=1S/C15H15ClF3NO2/c1-4-13(22-5-2)9(3)14(21)20-10-6-7-12(16)11(8-10)15(17,18)19/h4,6-8H,1,5H2,2-3H3,(H,20,21). The van der Waals surface area contributed by atoms with E-state index in [0.29, 0.717) is 6.61 Å². The molecular formula is C15H15ClF3NO2. The number of anilines is 1. The highest BCUT2D eigenvalue weighted by molar-refractivity contribution is 6.31. The van der Waals surface area contributed by atoms with E-state index < -0.39 is 22.7 Å². The summed E-state index contributed by atoms with van der Waals surface area (Å²) in [5.74, 6) is -0.316. The van der Waals surface area contributed by atoms with Crippen LogP contribution in [0.3, 0.4) is 0 Å². The molecular weight excluding hydrogens is 319 g/mol. The molecule has 1 aromatic rings. The van der Waals surface area contributed by atoms with Crippen molar-refractivity contribution in [1.29, 1.82) is 0 Å². The molecule has 22 heavy (non-hydrogen) atoms. The lowest BCUT2D eigenvalue weighted by Crippen LogP contribution is -2.16. The predicted octanol–water partition coefficient (Wildman–Crippen LogP) is 4.79. The molecule has 1 amide bonds. The van der Waals surface area contributed by atoms with Gasteiger partial charge >= 0.3 is 6.18 Å². The molecule has 0 fully saturated rings. The summed E-state index contributed by atoms with van der Waals surface area (Å²) in [6.45, 7) is 7.09. The highest BCUT2D eigenvalue weighted by Crippen LogP contribution is 2.36. The highest BCUT2D eigenvalue weighted by Gasteiger charge is 2.33. The molecule has 0 aromatic heterocycles. The number of nitrogens with one attached hydrogen (secondary N) is 1. The number of benzene rings is 1. The minimum Gasteiger partial charge on any atom is -0.493 e. The first-order valence-electron chi connectivity index (χ1n) is 6.34. The fourth-order valence-corrected chi connectivity index (χ4v) is 1.86. The van der Waals surface area contributed by atoms with Crippen LogP contribution in [0.2, 0.25) is 5.02 Å². The van der Waals surface area contributed by atoms with E-state index in [2.05, 4.69) is 11.9 Å². The van der Waals surface area contributed by atoms with Crippen LogP contribution in [0, 0.1) is 0 Å². The number of amides is 1. The summed E-state index contributed by atoms with van der Waals surface area (Å²) in [6, 6.07) is 3.15. The number of hydrogen-bond acceptors (Lipinski definition) is 2. The molecule has 0 aliphatic heterocycles. The van der Waals surface area contributed by atoms with Crippen molar-refractivity contribution in [2.45, 2.75) is 20.0 Å². The first-order valence-corrected chi connectivity index (χ1v) is 6.72. The van der Waals surface area contributed by atoms with E-state index in [9.17, 15) is 18.0 Å². The largest absolute Gasteiger partial charge is 0.493 e. The van der Waals surface area contributed by atoms with Crippen molar-refractivity contribution in [2.75, 3.05) is 11.9 Å². The Hall–Kier alpha value is -1.95. The molecule has 7 heteroatoms. The van der Waals surface area contributed by atoms with E-state index in [4.69, 9.17) is 16.3 Å². The quantitative estimate of drug-likeness (QED) is 0.478. The maximum atomic E-state index is 12.8. The van der Waals surface area contributed by atoms with Crippen LogP contribution >= 0.6 is 11.6 Å². The molecule has 0 unspecified atom stereocenters. The summed E-state index contributed by atoms with van der Waals surface area (Å²) in [6.07, 6.45) is -3.23. The van der Waals surface area contributed by atoms with Crippen LogP contribution in [0.4, 0.5) is 18.9 Å². The SMILES string of the molecule is C=CC(OCC)=C(C)C(=O)Nc1ccc(Cl)c(C(F)(F)F)c1. The summed E-state index contributed by atoms with van der Waals surface area (Å²) < 4.78 is 43.5. The van der Waals surface area contributed by atoms with Gasteiger partial charge in [-0.1, -0.05) is 18.2 Å². The fourth-order valence-electron chi connectivity index (χ4n) is 1.63.